The van der Waals surface area contributed by atoms with Crippen LogP contribution in [-0.4, -0.2) is 13.4 Å². The van der Waals surface area contributed by atoms with Crippen molar-refractivity contribution in [2.75, 3.05) is 7.11 Å². The molecule has 0 aliphatic heterocycles. The lowest BCUT2D eigenvalue weighted by Crippen LogP contribution is -2.15. The van der Waals surface area contributed by atoms with Gasteiger partial charge in [0.2, 0.25) is 0 Å². The number of carbonyl (C=O) groups is 1. The molecule has 1 aromatic carbocycles. The Balaban J connectivity index is 2.29. The SMILES string of the molecule is COc1ccc2c(c1)C[C@@H](C=O)CC2. The van der Waals surface area contributed by atoms with E-state index in [0.29, 0.717) is 0 Å². The van der Waals surface area contributed by atoms with Crippen LogP contribution in [-0.2, 0) is 17.6 Å². The monoisotopic (exact) mass is 190 g/mol. The molecule has 74 valence electrons. The van der Waals surface area contributed by atoms with E-state index in [1.807, 2.05) is 12.1 Å². The fourth-order valence-corrected chi connectivity index (χ4v) is 2.00. The van der Waals surface area contributed by atoms with Gasteiger partial charge < -0.3 is 9.53 Å². The largest absolute Gasteiger partial charge is 0.497 e. The average Bonchev–Trinajstić information content (AvgIpc) is 2.27. The predicted octanol–water partition coefficient (Wildman–Crippen LogP) is 2.00. The van der Waals surface area contributed by atoms with Gasteiger partial charge in [0.15, 0.2) is 0 Å². The zero-order chi connectivity index (χ0) is 9.97. The highest BCUT2D eigenvalue weighted by Gasteiger charge is 2.18. The summed E-state index contributed by atoms with van der Waals surface area (Å²) in [6.45, 7) is 0. The van der Waals surface area contributed by atoms with Crippen LogP contribution in [0.15, 0.2) is 18.2 Å². The lowest BCUT2D eigenvalue weighted by molar-refractivity contribution is -0.111. The molecule has 0 aromatic heterocycles. The Labute approximate surface area is 83.9 Å². The van der Waals surface area contributed by atoms with Gasteiger partial charge in [-0.1, -0.05) is 6.07 Å². The summed E-state index contributed by atoms with van der Waals surface area (Å²) in [6.07, 6.45) is 3.95. The number of fused-ring (bicyclic) bond motifs is 1. The van der Waals surface area contributed by atoms with Gasteiger partial charge in [0.1, 0.15) is 12.0 Å². The van der Waals surface area contributed by atoms with Crippen LogP contribution < -0.4 is 4.74 Å². The van der Waals surface area contributed by atoms with Crippen molar-refractivity contribution in [2.45, 2.75) is 19.3 Å². The van der Waals surface area contributed by atoms with Crippen molar-refractivity contribution in [2.24, 2.45) is 5.92 Å². The molecule has 1 atom stereocenters. The van der Waals surface area contributed by atoms with E-state index >= 15 is 0 Å². The number of carbonyl (C=O) groups excluding carboxylic acids is 1. The smallest absolute Gasteiger partial charge is 0.123 e. The van der Waals surface area contributed by atoms with Gasteiger partial charge in [0.05, 0.1) is 7.11 Å². The van der Waals surface area contributed by atoms with Gasteiger partial charge in [-0.05, 0) is 42.5 Å². The number of rotatable bonds is 2. The Morgan fingerprint density at radius 2 is 2.29 bits per heavy atom. The number of aldehydes is 1. The standard InChI is InChI=1S/C12H14O2/c1-14-12-5-4-10-3-2-9(8-13)6-11(10)7-12/h4-5,7-9H,2-3,6H2,1H3/t9-/m0/s1. The molecule has 1 aromatic rings. The van der Waals surface area contributed by atoms with Crippen LogP contribution in [0, 0.1) is 5.92 Å². The number of hydrogen-bond acceptors (Lipinski definition) is 2. The Bertz CT molecular complexity index is 344. The van der Waals surface area contributed by atoms with E-state index in [4.69, 9.17) is 4.74 Å². The molecule has 0 heterocycles. The van der Waals surface area contributed by atoms with E-state index in [-0.39, 0.29) is 5.92 Å². The molecule has 0 saturated carbocycles. The van der Waals surface area contributed by atoms with E-state index in [1.54, 1.807) is 7.11 Å². The molecule has 2 heteroatoms. The molecular weight excluding hydrogens is 176 g/mol. The third kappa shape index (κ3) is 1.65. The average molecular weight is 190 g/mol. The third-order valence-electron chi connectivity index (χ3n) is 2.87. The summed E-state index contributed by atoms with van der Waals surface area (Å²) in [5, 5.41) is 0. The highest BCUT2D eigenvalue weighted by molar-refractivity contribution is 5.56. The van der Waals surface area contributed by atoms with Crippen molar-refractivity contribution in [3.05, 3.63) is 29.3 Å². The Morgan fingerprint density at radius 1 is 1.43 bits per heavy atom. The molecular formula is C12H14O2. The minimum Gasteiger partial charge on any atom is -0.497 e. The maximum atomic E-state index is 10.7. The Morgan fingerprint density at radius 3 is 3.00 bits per heavy atom. The Hall–Kier alpha value is -1.31. The summed E-state index contributed by atoms with van der Waals surface area (Å²) in [7, 11) is 1.67. The van der Waals surface area contributed by atoms with Crippen molar-refractivity contribution in [3.8, 4) is 5.75 Å². The van der Waals surface area contributed by atoms with Crippen LogP contribution in [0.3, 0.4) is 0 Å². The van der Waals surface area contributed by atoms with Gasteiger partial charge in [0, 0.05) is 5.92 Å². The molecule has 14 heavy (non-hydrogen) atoms. The van der Waals surface area contributed by atoms with Crippen molar-refractivity contribution >= 4 is 6.29 Å². The molecule has 2 nitrogen and oxygen atoms in total. The van der Waals surface area contributed by atoms with Crippen LogP contribution in [0.2, 0.25) is 0 Å². The number of aryl methyl sites for hydroxylation is 1. The molecule has 1 aliphatic carbocycles. The molecule has 0 bridgehead atoms. The lowest BCUT2D eigenvalue weighted by atomic mass is 9.85. The van der Waals surface area contributed by atoms with E-state index in [1.165, 1.54) is 11.1 Å². The van der Waals surface area contributed by atoms with Crippen LogP contribution in [0.25, 0.3) is 0 Å². The summed E-state index contributed by atoms with van der Waals surface area (Å²) in [6, 6.07) is 6.14. The summed E-state index contributed by atoms with van der Waals surface area (Å²) in [4.78, 5) is 10.7. The second kappa shape index (κ2) is 3.82. The normalized spacial score (nSPS) is 19.9. The van der Waals surface area contributed by atoms with Crippen LogP contribution in [0.5, 0.6) is 5.75 Å². The maximum absolute atomic E-state index is 10.7. The minimum atomic E-state index is 0.203. The second-order valence-corrected chi connectivity index (χ2v) is 3.77. The van der Waals surface area contributed by atoms with E-state index in [9.17, 15) is 4.79 Å². The number of methoxy groups -OCH3 is 1. The summed E-state index contributed by atoms with van der Waals surface area (Å²) >= 11 is 0. The molecule has 0 saturated heterocycles. The zero-order valence-corrected chi connectivity index (χ0v) is 8.32. The first kappa shape index (κ1) is 9.25. The lowest BCUT2D eigenvalue weighted by Gasteiger charge is -2.20. The highest BCUT2D eigenvalue weighted by Crippen LogP contribution is 2.27. The fraction of sp³-hybridized carbons (Fsp3) is 0.417. The van der Waals surface area contributed by atoms with Crippen molar-refractivity contribution < 1.29 is 9.53 Å². The number of ether oxygens (including phenoxy) is 1. The molecule has 0 unspecified atom stereocenters. The molecule has 0 N–H and O–H groups in total. The highest BCUT2D eigenvalue weighted by atomic mass is 16.5. The second-order valence-electron chi connectivity index (χ2n) is 3.77. The molecule has 2 rings (SSSR count). The van der Waals surface area contributed by atoms with Crippen molar-refractivity contribution in [3.63, 3.8) is 0 Å². The molecule has 0 radical (unpaired) electrons. The van der Waals surface area contributed by atoms with Gasteiger partial charge in [-0.25, -0.2) is 0 Å². The first-order valence-corrected chi connectivity index (χ1v) is 4.94. The summed E-state index contributed by atoms with van der Waals surface area (Å²) in [5.74, 6) is 1.09. The summed E-state index contributed by atoms with van der Waals surface area (Å²) in [5.41, 5.74) is 2.64. The predicted molar refractivity (Wildman–Crippen MR) is 54.6 cm³/mol. The molecule has 0 fully saturated rings. The van der Waals surface area contributed by atoms with Gasteiger partial charge in [-0.3, -0.25) is 0 Å². The molecule has 1 aliphatic rings. The first-order chi connectivity index (χ1) is 6.83. The van der Waals surface area contributed by atoms with E-state index in [2.05, 4.69) is 6.07 Å². The van der Waals surface area contributed by atoms with Crippen LogP contribution >= 0.6 is 0 Å². The van der Waals surface area contributed by atoms with Gasteiger partial charge in [0.25, 0.3) is 0 Å². The van der Waals surface area contributed by atoms with Crippen molar-refractivity contribution in [1.29, 1.82) is 0 Å². The summed E-state index contributed by atoms with van der Waals surface area (Å²) < 4.78 is 5.16. The van der Waals surface area contributed by atoms with E-state index in [0.717, 1.165) is 31.3 Å². The molecule has 0 amide bonds. The van der Waals surface area contributed by atoms with Gasteiger partial charge >= 0.3 is 0 Å². The Kier molecular flexibility index (Phi) is 2.53. The van der Waals surface area contributed by atoms with Gasteiger partial charge in [-0.2, -0.15) is 0 Å². The van der Waals surface area contributed by atoms with Crippen molar-refractivity contribution in [1.82, 2.24) is 0 Å². The fourth-order valence-electron chi connectivity index (χ4n) is 2.00. The maximum Gasteiger partial charge on any atom is 0.123 e. The minimum absolute atomic E-state index is 0.203. The van der Waals surface area contributed by atoms with Crippen LogP contribution in [0.1, 0.15) is 17.5 Å². The number of benzene rings is 1. The zero-order valence-electron chi connectivity index (χ0n) is 8.32. The van der Waals surface area contributed by atoms with Gasteiger partial charge in [-0.15, -0.1) is 0 Å². The quantitative estimate of drug-likeness (QED) is 0.667. The third-order valence-corrected chi connectivity index (χ3v) is 2.87. The van der Waals surface area contributed by atoms with E-state index < -0.39 is 0 Å². The number of hydrogen-bond donors (Lipinski definition) is 0. The first-order valence-electron chi connectivity index (χ1n) is 4.94. The van der Waals surface area contributed by atoms with Crippen LogP contribution in [0.4, 0.5) is 0 Å². The topological polar surface area (TPSA) is 26.3 Å². The molecule has 0 spiro atoms.